The first-order valence-corrected chi connectivity index (χ1v) is 6.91. The Balaban J connectivity index is 0.000000251. The zero-order valence-corrected chi connectivity index (χ0v) is 12.9. The van der Waals surface area contributed by atoms with Gasteiger partial charge >= 0.3 is 11.9 Å². The summed E-state index contributed by atoms with van der Waals surface area (Å²) in [5.74, 6) is -3.53. The van der Waals surface area contributed by atoms with Gasteiger partial charge in [-0.15, -0.1) is 0 Å². The Morgan fingerprint density at radius 1 is 0.800 bits per heavy atom. The lowest BCUT2D eigenvalue weighted by Crippen LogP contribution is -1.98. The quantitative estimate of drug-likeness (QED) is 0.327. The summed E-state index contributed by atoms with van der Waals surface area (Å²) < 4.78 is 0. The fourth-order valence-electron chi connectivity index (χ4n) is 1.58. The van der Waals surface area contributed by atoms with Crippen LogP contribution >= 0.6 is 0 Å². The fourth-order valence-corrected chi connectivity index (χ4v) is 1.58. The Morgan fingerprint density at radius 3 is 1.96 bits per heavy atom. The second kappa shape index (κ2) is 9.41. The molecule has 25 heavy (non-hydrogen) atoms. The van der Waals surface area contributed by atoms with Crippen LogP contribution in [-0.2, 0) is 9.59 Å². The van der Waals surface area contributed by atoms with Crippen LogP contribution in [0.2, 0.25) is 0 Å². The van der Waals surface area contributed by atoms with Gasteiger partial charge in [-0.3, -0.25) is 0 Å². The summed E-state index contributed by atoms with van der Waals surface area (Å²) in [5, 5.41) is 43.4. The van der Waals surface area contributed by atoms with Crippen LogP contribution < -0.4 is 0 Å². The van der Waals surface area contributed by atoms with Crippen molar-refractivity contribution >= 4 is 24.1 Å². The van der Waals surface area contributed by atoms with Crippen molar-refractivity contribution in [2.75, 3.05) is 0 Å². The van der Waals surface area contributed by atoms with Gasteiger partial charge in [0.1, 0.15) is 0 Å². The first-order chi connectivity index (χ1) is 11.8. The zero-order valence-electron chi connectivity index (χ0n) is 12.9. The van der Waals surface area contributed by atoms with E-state index < -0.39 is 17.7 Å². The maximum absolute atomic E-state index is 10.2. The zero-order chi connectivity index (χ0) is 18.8. The molecule has 0 radical (unpaired) electrons. The maximum Gasteiger partial charge on any atom is 0.370 e. The average molecular weight is 344 g/mol. The number of benzene rings is 2. The molecule has 0 bridgehead atoms. The molecule has 7 nitrogen and oxygen atoms in total. The third kappa shape index (κ3) is 7.38. The number of aliphatic hydroxyl groups excluding tert-OH is 1. The fraction of sp³-hybridized carbons (Fsp3) is 0. The third-order valence-electron chi connectivity index (χ3n) is 2.74. The average Bonchev–Trinajstić information content (AvgIpc) is 2.57. The van der Waals surface area contributed by atoms with E-state index in [2.05, 4.69) is 0 Å². The lowest BCUT2D eigenvalue weighted by molar-refractivity contribution is -0.135. The van der Waals surface area contributed by atoms with E-state index in [1.165, 1.54) is 30.4 Å². The van der Waals surface area contributed by atoms with E-state index in [-0.39, 0.29) is 11.5 Å². The van der Waals surface area contributed by atoms with Crippen molar-refractivity contribution in [1.29, 1.82) is 0 Å². The second-order valence-electron chi connectivity index (χ2n) is 4.67. The minimum atomic E-state index is -1.32. The SMILES string of the molecule is O=C(O)/C=C/c1ccc(O)c(O)c1.O=C(O)C(O)=Cc1ccccc1. The Hall–Kier alpha value is -3.74. The van der Waals surface area contributed by atoms with Gasteiger partial charge in [0.05, 0.1) is 0 Å². The largest absolute Gasteiger partial charge is 0.504 e. The van der Waals surface area contributed by atoms with Gasteiger partial charge in [0.15, 0.2) is 11.5 Å². The number of aromatic hydroxyl groups is 2. The lowest BCUT2D eigenvalue weighted by atomic mass is 10.2. The number of hydrogen-bond acceptors (Lipinski definition) is 5. The molecule has 5 N–H and O–H groups in total. The predicted molar refractivity (Wildman–Crippen MR) is 91.1 cm³/mol. The highest BCUT2D eigenvalue weighted by Gasteiger charge is 2.02. The van der Waals surface area contributed by atoms with E-state index in [0.29, 0.717) is 11.1 Å². The molecule has 0 saturated heterocycles. The molecule has 7 heteroatoms. The highest BCUT2D eigenvalue weighted by Crippen LogP contribution is 2.25. The lowest BCUT2D eigenvalue weighted by Gasteiger charge is -1.97. The molecule has 0 fully saturated rings. The summed E-state index contributed by atoms with van der Waals surface area (Å²) in [6.45, 7) is 0. The minimum Gasteiger partial charge on any atom is -0.504 e. The number of aliphatic hydroxyl groups is 1. The van der Waals surface area contributed by atoms with Crippen molar-refractivity contribution in [3.63, 3.8) is 0 Å². The second-order valence-corrected chi connectivity index (χ2v) is 4.67. The first-order valence-electron chi connectivity index (χ1n) is 6.91. The Kier molecular flexibility index (Phi) is 7.27. The molecule has 0 saturated carbocycles. The van der Waals surface area contributed by atoms with Crippen LogP contribution in [0.5, 0.6) is 11.5 Å². The van der Waals surface area contributed by atoms with E-state index in [0.717, 1.165) is 6.08 Å². The molecular weight excluding hydrogens is 328 g/mol. The first kappa shape index (κ1) is 19.3. The van der Waals surface area contributed by atoms with Gasteiger partial charge in [-0.05, 0) is 35.4 Å². The van der Waals surface area contributed by atoms with Crippen molar-refractivity contribution in [2.24, 2.45) is 0 Å². The number of aliphatic carboxylic acids is 2. The van der Waals surface area contributed by atoms with Crippen molar-refractivity contribution in [1.82, 2.24) is 0 Å². The number of hydrogen-bond donors (Lipinski definition) is 5. The highest BCUT2D eigenvalue weighted by atomic mass is 16.4. The molecule has 0 aliphatic rings. The molecule has 0 aliphatic heterocycles. The molecule has 2 aromatic carbocycles. The number of carboxylic acid groups (broad SMARTS) is 2. The van der Waals surface area contributed by atoms with E-state index in [1.807, 2.05) is 6.07 Å². The Labute approximate surface area is 143 Å². The van der Waals surface area contributed by atoms with E-state index in [4.69, 9.17) is 25.5 Å². The smallest absolute Gasteiger partial charge is 0.370 e. The molecule has 0 heterocycles. The highest BCUT2D eigenvalue weighted by molar-refractivity contribution is 5.89. The summed E-state index contributed by atoms with van der Waals surface area (Å²) >= 11 is 0. The number of carboxylic acids is 2. The maximum atomic E-state index is 10.2. The molecule has 2 rings (SSSR count). The standard InChI is InChI=1S/C9H8O4.C9H8O3/c10-7-3-1-6(5-8(7)11)2-4-9(12)13;10-8(9(11)12)6-7-4-2-1-3-5-7/h1-5,10-11H,(H,12,13);1-6,10H,(H,11,12)/b4-2+;. The topological polar surface area (TPSA) is 135 Å². The molecule has 0 atom stereocenters. The number of rotatable bonds is 4. The van der Waals surface area contributed by atoms with Crippen LogP contribution in [0.25, 0.3) is 12.2 Å². The normalized spacial score (nSPS) is 10.8. The predicted octanol–water partition coefficient (Wildman–Crippen LogP) is 2.87. The van der Waals surface area contributed by atoms with E-state index in [9.17, 15) is 9.59 Å². The van der Waals surface area contributed by atoms with Crippen LogP contribution in [-0.4, -0.2) is 37.5 Å². The summed E-state index contributed by atoms with van der Waals surface area (Å²) in [6, 6.07) is 12.8. The molecule has 130 valence electrons. The Morgan fingerprint density at radius 2 is 1.44 bits per heavy atom. The molecule has 0 aromatic heterocycles. The minimum absolute atomic E-state index is 0.229. The number of phenols is 2. The number of phenolic OH excluding ortho intramolecular Hbond substituents is 2. The van der Waals surface area contributed by atoms with E-state index >= 15 is 0 Å². The molecule has 0 aliphatic carbocycles. The van der Waals surface area contributed by atoms with Gasteiger partial charge in [0, 0.05) is 6.08 Å². The summed E-state index contributed by atoms with van der Waals surface area (Å²) in [7, 11) is 0. The summed E-state index contributed by atoms with van der Waals surface area (Å²) in [5.41, 5.74) is 1.18. The number of carbonyl (C=O) groups is 2. The van der Waals surface area contributed by atoms with Crippen molar-refractivity contribution in [3.05, 3.63) is 71.5 Å². The summed E-state index contributed by atoms with van der Waals surface area (Å²) in [4.78, 5) is 20.3. The van der Waals surface area contributed by atoms with Gasteiger partial charge in [0.25, 0.3) is 0 Å². The van der Waals surface area contributed by atoms with Gasteiger partial charge in [-0.1, -0.05) is 36.4 Å². The van der Waals surface area contributed by atoms with Crippen molar-refractivity contribution in [2.45, 2.75) is 0 Å². The van der Waals surface area contributed by atoms with Crippen LogP contribution in [0, 0.1) is 0 Å². The van der Waals surface area contributed by atoms with Gasteiger partial charge in [-0.25, -0.2) is 9.59 Å². The van der Waals surface area contributed by atoms with Crippen molar-refractivity contribution < 1.29 is 35.1 Å². The van der Waals surface area contributed by atoms with Gasteiger partial charge in [-0.2, -0.15) is 0 Å². The molecule has 2 aromatic rings. The van der Waals surface area contributed by atoms with Crippen LogP contribution in [0.1, 0.15) is 11.1 Å². The van der Waals surface area contributed by atoms with Crippen LogP contribution in [0.3, 0.4) is 0 Å². The van der Waals surface area contributed by atoms with E-state index in [1.54, 1.807) is 24.3 Å². The molecule has 0 unspecified atom stereocenters. The van der Waals surface area contributed by atoms with Gasteiger partial charge in [0.2, 0.25) is 5.76 Å². The summed E-state index contributed by atoms with van der Waals surface area (Å²) in [6.07, 6.45) is 3.47. The van der Waals surface area contributed by atoms with Crippen LogP contribution in [0.15, 0.2) is 60.4 Å². The Bertz CT molecular complexity index is 792. The third-order valence-corrected chi connectivity index (χ3v) is 2.74. The van der Waals surface area contributed by atoms with Crippen molar-refractivity contribution in [3.8, 4) is 11.5 Å². The molecule has 0 amide bonds. The van der Waals surface area contributed by atoms with Gasteiger partial charge < -0.3 is 25.5 Å². The molecule has 0 spiro atoms. The monoisotopic (exact) mass is 344 g/mol. The van der Waals surface area contributed by atoms with Crippen LogP contribution in [0.4, 0.5) is 0 Å². The molecular formula is C18H16O7.